The highest BCUT2D eigenvalue weighted by Gasteiger charge is 2.34. The van der Waals surface area contributed by atoms with E-state index in [1.165, 1.54) is 6.07 Å². The summed E-state index contributed by atoms with van der Waals surface area (Å²) in [4.78, 5) is 11.4. The minimum atomic E-state index is -4.65. The number of benzene rings is 1. The summed E-state index contributed by atoms with van der Waals surface area (Å²) in [6.07, 6.45) is -2.97. The Morgan fingerprint density at radius 3 is 2.71 bits per heavy atom. The van der Waals surface area contributed by atoms with Gasteiger partial charge in [0.15, 0.2) is 6.61 Å². The number of ether oxygens (including phenoxy) is 1. The quantitative estimate of drug-likeness (QED) is 0.822. The Morgan fingerprint density at radius 2 is 2.14 bits per heavy atom. The second-order valence-corrected chi connectivity index (χ2v) is 4.31. The van der Waals surface area contributed by atoms with Gasteiger partial charge in [0, 0.05) is 6.54 Å². The largest absolute Gasteiger partial charge is 0.483 e. The van der Waals surface area contributed by atoms with Crippen molar-refractivity contribution in [3.05, 3.63) is 29.3 Å². The summed E-state index contributed by atoms with van der Waals surface area (Å²) in [5, 5.41) is 11.2. The Morgan fingerprint density at radius 1 is 1.43 bits per heavy atom. The van der Waals surface area contributed by atoms with Crippen LogP contribution >= 0.6 is 0 Å². The number of unbranched alkanes of at least 4 members (excludes halogenated alkanes) is 1. The maximum Gasteiger partial charge on any atom is 0.420 e. The Balaban J connectivity index is 2.75. The van der Waals surface area contributed by atoms with E-state index in [0.717, 1.165) is 18.9 Å². The van der Waals surface area contributed by atoms with E-state index < -0.39 is 30.0 Å². The second kappa shape index (κ2) is 7.53. The normalized spacial score (nSPS) is 10.8. The zero-order valence-electron chi connectivity index (χ0n) is 11.5. The number of rotatable bonds is 6. The molecule has 0 aliphatic heterocycles. The van der Waals surface area contributed by atoms with Crippen LogP contribution in [0.25, 0.3) is 0 Å². The summed E-state index contributed by atoms with van der Waals surface area (Å²) in [5.41, 5.74) is -1.19. The predicted molar refractivity (Wildman–Crippen MR) is 69.6 cm³/mol. The average Bonchev–Trinajstić information content (AvgIpc) is 2.44. The third-order valence-electron chi connectivity index (χ3n) is 2.63. The fourth-order valence-corrected chi connectivity index (χ4v) is 1.55. The monoisotopic (exact) mass is 300 g/mol. The van der Waals surface area contributed by atoms with Gasteiger partial charge in [-0.2, -0.15) is 18.4 Å². The lowest BCUT2D eigenvalue weighted by Crippen LogP contribution is -2.30. The maximum atomic E-state index is 12.8. The molecule has 0 atom stereocenters. The molecule has 21 heavy (non-hydrogen) atoms. The molecule has 114 valence electrons. The molecule has 1 aromatic carbocycles. The molecule has 0 heterocycles. The van der Waals surface area contributed by atoms with Crippen molar-refractivity contribution in [2.45, 2.75) is 25.9 Å². The average molecular weight is 300 g/mol. The molecule has 1 N–H and O–H groups in total. The molecule has 7 heteroatoms. The zero-order valence-corrected chi connectivity index (χ0v) is 11.5. The van der Waals surface area contributed by atoms with Gasteiger partial charge in [-0.15, -0.1) is 0 Å². The molecule has 0 saturated carbocycles. The first kappa shape index (κ1) is 16.8. The lowest BCUT2D eigenvalue weighted by molar-refractivity contribution is -0.139. The predicted octanol–water partition coefficient (Wildman–Crippen LogP) is 2.87. The fourth-order valence-electron chi connectivity index (χ4n) is 1.55. The van der Waals surface area contributed by atoms with Crippen LogP contribution in [0.4, 0.5) is 13.2 Å². The van der Waals surface area contributed by atoms with Crippen LogP contribution in [-0.2, 0) is 11.0 Å². The van der Waals surface area contributed by atoms with Crippen molar-refractivity contribution in [3.63, 3.8) is 0 Å². The number of nitrogens with zero attached hydrogens (tertiary/aromatic N) is 1. The molecule has 0 saturated heterocycles. The molecule has 0 aliphatic rings. The van der Waals surface area contributed by atoms with Gasteiger partial charge in [0.1, 0.15) is 5.75 Å². The Hall–Kier alpha value is -2.23. The summed E-state index contributed by atoms with van der Waals surface area (Å²) in [5.74, 6) is -0.951. The van der Waals surface area contributed by atoms with Gasteiger partial charge in [-0.05, 0) is 24.6 Å². The maximum absolute atomic E-state index is 12.8. The number of hydrogen-bond acceptors (Lipinski definition) is 3. The van der Waals surface area contributed by atoms with Crippen LogP contribution in [0.3, 0.4) is 0 Å². The van der Waals surface area contributed by atoms with Crippen molar-refractivity contribution >= 4 is 5.91 Å². The van der Waals surface area contributed by atoms with Crippen molar-refractivity contribution in [1.29, 1.82) is 5.26 Å². The molecule has 1 amide bonds. The highest BCUT2D eigenvalue weighted by atomic mass is 19.4. The zero-order chi connectivity index (χ0) is 15.9. The highest BCUT2D eigenvalue weighted by molar-refractivity contribution is 5.77. The van der Waals surface area contributed by atoms with Crippen molar-refractivity contribution in [3.8, 4) is 11.8 Å². The van der Waals surface area contributed by atoms with Crippen LogP contribution in [0.1, 0.15) is 30.9 Å². The molecule has 0 unspecified atom stereocenters. The third-order valence-corrected chi connectivity index (χ3v) is 2.63. The number of carbonyl (C=O) groups is 1. The molecule has 1 rings (SSSR count). The van der Waals surface area contributed by atoms with E-state index in [2.05, 4.69) is 5.32 Å². The van der Waals surface area contributed by atoms with E-state index in [-0.39, 0.29) is 5.56 Å². The molecule has 1 aromatic rings. The van der Waals surface area contributed by atoms with Crippen LogP contribution in [0.2, 0.25) is 0 Å². The van der Waals surface area contributed by atoms with E-state index in [0.29, 0.717) is 12.6 Å². The standard InChI is InChI=1S/C14H15F3N2O2/c1-2-3-6-19-13(20)9-21-12-5-4-10(8-18)7-11(12)14(15,16)17/h4-5,7H,2-3,6,9H2,1H3,(H,19,20). The molecule has 0 aromatic heterocycles. The van der Waals surface area contributed by atoms with Gasteiger partial charge in [-0.3, -0.25) is 4.79 Å². The van der Waals surface area contributed by atoms with Crippen LogP contribution in [0, 0.1) is 11.3 Å². The summed E-state index contributed by atoms with van der Waals surface area (Å²) in [6, 6.07) is 4.58. The van der Waals surface area contributed by atoms with Crippen molar-refractivity contribution < 1.29 is 22.7 Å². The first-order chi connectivity index (χ1) is 9.88. The summed E-state index contributed by atoms with van der Waals surface area (Å²) in [7, 11) is 0. The lowest BCUT2D eigenvalue weighted by atomic mass is 10.1. The van der Waals surface area contributed by atoms with Gasteiger partial charge in [-0.25, -0.2) is 0 Å². The van der Waals surface area contributed by atoms with Crippen molar-refractivity contribution in [2.75, 3.05) is 13.2 Å². The molecule has 0 spiro atoms. The molecule has 4 nitrogen and oxygen atoms in total. The van der Waals surface area contributed by atoms with E-state index >= 15 is 0 Å². The van der Waals surface area contributed by atoms with Gasteiger partial charge < -0.3 is 10.1 Å². The number of halogens is 3. The van der Waals surface area contributed by atoms with E-state index in [4.69, 9.17) is 10.00 Å². The third kappa shape index (κ3) is 5.34. The van der Waals surface area contributed by atoms with Gasteiger partial charge in [0.25, 0.3) is 5.91 Å². The molecule has 0 bridgehead atoms. The SMILES string of the molecule is CCCCNC(=O)COc1ccc(C#N)cc1C(F)(F)F. The van der Waals surface area contributed by atoms with Crippen LogP contribution in [0.15, 0.2) is 18.2 Å². The molecule has 0 fully saturated rings. The molecular weight excluding hydrogens is 285 g/mol. The van der Waals surface area contributed by atoms with E-state index in [1.54, 1.807) is 6.07 Å². The number of amides is 1. The van der Waals surface area contributed by atoms with E-state index in [9.17, 15) is 18.0 Å². The number of hydrogen-bond donors (Lipinski definition) is 1. The van der Waals surface area contributed by atoms with Crippen LogP contribution in [-0.4, -0.2) is 19.1 Å². The summed E-state index contributed by atoms with van der Waals surface area (Å²) in [6.45, 7) is 1.91. The number of nitrogens with one attached hydrogen (secondary N) is 1. The molecule has 0 aliphatic carbocycles. The lowest BCUT2D eigenvalue weighted by Gasteiger charge is -2.14. The van der Waals surface area contributed by atoms with Gasteiger partial charge in [0.2, 0.25) is 0 Å². The number of alkyl halides is 3. The van der Waals surface area contributed by atoms with Crippen LogP contribution in [0.5, 0.6) is 5.75 Å². The minimum Gasteiger partial charge on any atom is -0.483 e. The van der Waals surface area contributed by atoms with Gasteiger partial charge in [-0.1, -0.05) is 13.3 Å². The smallest absolute Gasteiger partial charge is 0.420 e. The van der Waals surface area contributed by atoms with Crippen molar-refractivity contribution in [1.82, 2.24) is 5.32 Å². The minimum absolute atomic E-state index is 0.123. The Kier molecular flexibility index (Phi) is 6.03. The summed E-state index contributed by atoms with van der Waals surface area (Å²) >= 11 is 0. The Labute approximate surface area is 120 Å². The highest BCUT2D eigenvalue weighted by Crippen LogP contribution is 2.36. The topological polar surface area (TPSA) is 62.1 Å². The van der Waals surface area contributed by atoms with Crippen molar-refractivity contribution in [2.24, 2.45) is 0 Å². The van der Waals surface area contributed by atoms with Crippen LogP contribution < -0.4 is 10.1 Å². The first-order valence-electron chi connectivity index (χ1n) is 6.39. The van der Waals surface area contributed by atoms with E-state index in [1.807, 2.05) is 6.92 Å². The molecule has 0 radical (unpaired) electrons. The van der Waals surface area contributed by atoms with Gasteiger partial charge in [0.05, 0.1) is 17.2 Å². The fraction of sp³-hybridized carbons (Fsp3) is 0.429. The molecular formula is C14H15F3N2O2. The number of nitriles is 1. The summed E-state index contributed by atoms with van der Waals surface area (Å²) < 4.78 is 43.5. The number of carbonyl (C=O) groups excluding carboxylic acids is 1. The first-order valence-corrected chi connectivity index (χ1v) is 6.39. The second-order valence-electron chi connectivity index (χ2n) is 4.31. The Bertz CT molecular complexity index is 536. The van der Waals surface area contributed by atoms with Gasteiger partial charge >= 0.3 is 6.18 Å².